The number of benzene rings is 3. The third-order valence-corrected chi connectivity index (χ3v) is 7.41. The van der Waals surface area contributed by atoms with Crippen molar-refractivity contribution in [3.8, 4) is 0 Å². The molecule has 0 unspecified atom stereocenters. The zero-order valence-corrected chi connectivity index (χ0v) is 18.5. The van der Waals surface area contributed by atoms with Crippen LogP contribution in [0.25, 0.3) is 0 Å². The van der Waals surface area contributed by atoms with Crippen molar-refractivity contribution in [2.75, 3.05) is 16.2 Å². The molecular weight excluding hydrogens is 408 g/mol. The molecule has 0 atom stereocenters. The Bertz CT molecular complexity index is 1190. The number of nitrogens with one attached hydrogen (secondary N) is 1. The third kappa shape index (κ3) is 4.35. The molecular formula is C25H26N2O3S. The quantitative estimate of drug-likeness (QED) is 0.600. The highest BCUT2D eigenvalue weighted by molar-refractivity contribution is 7.92. The second-order valence-electron chi connectivity index (χ2n) is 8.07. The average Bonchev–Trinajstić information content (AvgIpc) is 2.79. The van der Waals surface area contributed by atoms with E-state index in [1.807, 2.05) is 24.3 Å². The van der Waals surface area contributed by atoms with Gasteiger partial charge in [0.1, 0.15) is 0 Å². The van der Waals surface area contributed by atoms with E-state index in [2.05, 4.69) is 19.2 Å². The van der Waals surface area contributed by atoms with Crippen molar-refractivity contribution < 1.29 is 13.2 Å². The van der Waals surface area contributed by atoms with E-state index < -0.39 is 10.0 Å². The Morgan fingerprint density at radius 1 is 0.968 bits per heavy atom. The number of nitrogens with zero attached hydrogens (tertiary/aromatic N) is 1. The Morgan fingerprint density at radius 2 is 1.68 bits per heavy atom. The SMILES string of the molecule is CC(C)c1ccc(NC(=O)c2ccc3c(c2)CCCN3S(=O)(=O)c2ccccc2)cc1. The number of fused-ring (bicyclic) bond motifs is 1. The second kappa shape index (κ2) is 8.55. The molecule has 31 heavy (non-hydrogen) atoms. The number of sulfonamides is 1. The lowest BCUT2D eigenvalue weighted by Gasteiger charge is -2.30. The molecule has 0 aliphatic carbocycles. The molecule has 0 spiro atoms. The lowest BCUT2D eigenvalue weighted by Crippen LogP contribution is -2.35. The summed E-state index contributed by atoms with van der Waals surface area (Å²) < 4.78 is 27.7. The zero-order valence-electron chi connectivity index (χ0n) is 17.7. The van der Waals surface area contributed by atoms with Gasteiger partial charge in [-0.3, -0.25) is 9.10 Å². The summed E-state index contributed by atoms with van der Waals surface area (Å²) in [5.74, 6) is 0.226. The second-order valence-corrected chi connectivity index (χ2v) is 9.93. The Labute approximate surface area is 183 Å². The minimum atomic E-state index is -3.64. The number of carbonyl (C=O) groups excluding carboxylic acids is 1. The average molecular weight is 435 g/mol. The predicted molar refractivity (Wildman–Crippen MR) is 124 cm³/mol. The van der Waals surface area contributed by atoms with Gasteiger partial charge >= 0.3 is 0 Å². The van der Waals surface area contributed by atoms with Gasteiger partial charge in [0.15, 0.2) is 0 Å². The van der Waals surface area contributed by atoms with Crippen molar-refractivity contribution in [1.82, 2.24) is 0 Å². The van der Waals surface area contributed by atoms with E-state index in [0.29, 0.717) is 30.1 Å². The summed E-state index contributed by atoms with van der Waals surface area (Å²) >= 11 is 0. The number of hydrogen-bond donors (Lipinski definition) is 1. The summed E-state index contributed by atoms with van der Waals surface area (Å²) in [6, 6.07) is 21.5. The molecule has 0 saturated carbocycles. The largest absolute Gasteiger partial charge is 0.322 e. The van der Waals surface area contributed by atoms with Crippen LogP contribution in [0.5, 0.6) is 0 Å². The summed E-state index contributed by atoms with van der Waals surface area (Å²) in [5, 5.41) is 2.93. The molecule has 160 valence electrons. The van der Waals surface area contributed by atoms with Gasteiger partial charge in [-0.2, -0.15) is 0 Å². The van der Waals surface area contributed by atoms with Gasteiger partial charge in [0.2, 0.25) is 0 Å². The molecule has 1 amide bonds. The number of hydrogen-bond acceptors (Lipinski definition) is 3. The summed E-state index contributed by atoms with van der Waals surface area (Å²) in [6.45, 7) is 4.68. The van der Waals surface area contributed by atoms with E-state index in [0.717, 1.165) is 17.7 Å². The van der Waals surface area contributed by atoms with Crippen LogP contribution in [0.2, 0.25) is 0 Å². The number of anilines is 2. The molecule has 3 aromatic carbocycles. The maximum atomic E-state index is 13.1. The minimum absolute atomic E-state index is 0.205. The van der Waals surface area contributed by atoms with Gasteiger partial charge < -0.3 is 5.32 Å². The van der Waals surface area contributed by atoms with Crippen LogP contribution < -0.4 is 9.62 Å². The van der Waals surface area contributed by atoms with E-state index in [1.54, 1.807) is 48.5 Å². The Morgan fingerprint density at radius 3 is 2.35 bits per heavy atom. The molecule has 0 saturated heterocycles. The Balaban J connectivity index is 1.57. The van der Waals surface area contributed by atoms with Crippen LogP contribution in [0.1, 0.15) is 47.7 Å². The third-order valence-electron chi connectivity index (χ3n) is 5.58. The summed E-state index contributed by atoms with van der Waals surface area (Å²) in [6.07, 6.45) is 1.45. The Hall–Kier alpha value is -3.12. The van der Waals surface area contributed by atoms with E-state index in [4.69, 9.17) is 0 Å². The molecule has 0 bridgehead atoms. The van der Waals surface area contributed by atoms with Crippen LogP contribution in [-0.4, -0.2) is 20.9 Å². The van der Waals surface area contributed by atoms with E-state index in [1.165, 1.54) is 9.87 Å². The molecule has 1 N–H and O–H groups in total. The van der Waals surface area contributed by atoms with E-state index in [-0.39, 0.29) is 10.8 Å². The molecule has 5 nitrogen and oxygen atoms in total. The first-order valence-corrected chi connectivity index (χ1v) is 11.9. The van der Waals surface area contributed by atoms with Crippen molar-refractivity contribution in [3.63, 3.8) is 0 Å². The lowest BCUT2D eigenvalue weighted by molar-refractivity contribution is 0.102. The first-order chi connectivity index (χ1) is 14.9. The monoisotopic (exact) mass is 434 g/mol. The van der Waals surface area contributed by atoms with Gasteiger partial charge in [-0.1, -0.05) is 44.2 Å². The van der Waals surface area contributed by atoms with Gasteiger partial charge in [0.05, 0.1) is 10.6 Å². The highest BCUT2D eigenvalue weighted by Crippen LogP contribution is 2.33. The van der Waals surface area contributed by atoms with Crippen LogP contribution in [0.3, 0.4) is 0 Å². The highest BCUT2D eigenvalue weighted by Gasteiger charge is 2.29. The van der Waals surface area contributed by atoms with Crippen LogP contribution in [0.15, 0.2) is 77.7 Å². The van der Waals surface area contributed by atoms with Crippen LogP contribution in [0.4, 0.5) is 11.4 Å². The number of carbonyl (C=O) groups is 1. The topological polar surface area (TPSA) is 66.5 Å². The van der Waals surface area contributed by atoms with Crippen LogP contribution in [0, 0.1) is 0 Å². The number of amides is 1. The summed E-state index contributed by atoms with van der Waals surface area (Å²) in [4.78, 5) is 13.0. The molecule has 1 heterocycles. The summed E-state index contributed by atoms with van der Waals surface area (Å²) in [5.41, 5.74) is 3.99. The van der Waals surface area contributed by atoms with Gasteiger partial charge in [0.25, 0.3) is 15.9 Å². The molecule has 0 radical (unpaired) electrons. The molecule has 6 heteroatoms. The smallest absolute Gasteiger partial charge is 0.264 e. The van der Waals surface area contributed by atoms with Crippen LogP contribution in [-0.2, 0) is 16.4 Å². The molecule has 1 aliphatic heterocycles. The minimum Gasteiger partial charge on any atom is -0.322 e. The van der Waals surface area contributed by atoms with Gasteiger partial charge in [-0.05, 0) is 72.4 Å². The fraction of sp³-hybridized carbons (Fsp3) is 0.240. The van der Waals surface area contributed by atoms with Crippen LogP contribution >= 0.6 is 0 Å². The van der Waals surface area contributed by atoms with E-state index in [9.17, 15) is 13.2 Å². The standard InChI is InChI=1S/C25H26N2O3S/c1-18(2)19-10-13-22(14-11-19)26-25(28)21-12-15-24-20(17-21)7-6-16-27(24)31(29,30)23-8-4-3-5-9-23/h3-5,8-15,17-18H,6-7,16H2,1-2H3,(H,26,28). The zero-order chi connectivity index (χ0) is 22.0. The van der Waals surface area contributed by atoms with E-state index >= 15 is 0 Å². The van der Waals surface area contributed by atoms with Gasteiger partial charge in [-0.15, -0.1) is 0 Å². The first kappa shape index (κ1) is 21.1. The summed E-state index contributed by atoms with van der Waals surface area (Å²) in [7, 11) is -3.64. The predicted octanol–water partition coefficient (Wildman–Crippen LogP) is 5.20. The number of rotatable bonds is 5. The Kier molecular flexibility index (Phi) is 5.83. The van der Waals surface area contributed by atoms with Crippen molar-refractivity contribution in [1.29, 1.82) is 0 Å². The maximum Gasteiger partial charge on any atom is 0.264 e. The van der Waals surface area contributed by atoms with Crippen molar-refractivity contribution >= 4 is 27.3 Å². The molecule has 3 aromatic rings. The normalized spacial score (nSPS) is 13.7. The van der Waals surface area contributed by atoms with Crippen molar-refractivity contribution in [2.24, 2.45) is 0 Å². The van der Waals surface area contributed by atoms with Gasteiger partial charge in [0, 0.05) is 17.8 Å². The molecule has 1 aliphatic rings. The van der Waals surface area contributed by atoms with Crippen molar-refractivity contribution in [3.05, 3.63) is 89.5 Å². The highest BCUT2D eigenvalue weighted by atomic mass is 32.2. The maximum absolute atomic E-state index is 13.1. The first-order valence-electron chi connectivity index (χ1n) is 10.5. The fourth-order valence-corrected chi connectivity index (χ4v) is 5.39. The lowest BCUT2D eigenvalue weighted by atomic mass is 10.0. The molecule has 4 rings (SSSR count). The fourth-order valence-electron chi connectivity index (χ4n) is 3.83. The molecule has 0 fully saturated rings. The van der Waals surface area contributed by atoms with Crippen molar-refractivity contribution in [2.45, 2.75) is 37.5 Å². The molecule has 0 aromatic heterocycles. The van der Waals surface area contributed by atoms with Gasteiger partial charge in [-0.25, -0.2) is 8.42 Å². The number of aryl methyl sites for hydroxylation is 1.